The third-order valence-electron chi connectivity index (χ3n) is 2.24. The van der Waals surface area contributed by atoms with Crippen molar-refractivity contribution >= 4 is 5.97 Å². The molecule has 1 heterocycles. The first-order chi connectivity index (χ1) is 6.24. The first-order valence-electron chi connectivity index (χ1n) is 4.90. The minimum absolute atomic E-state index is 0.0614. The summed E-state index contributed by atoms with van der Waals surface area (Å²) >= 11 is 0. The molecular weight excluding hydrogens is 166 g/mol. The molecule has 0 fully saturated rings. The van der Waals surface area contributed by atoms with Crippen molar-refractivity contribution in [1.29, 1.82) is 0 Å². The first-order valence-corrected chi connectivity index (χ1v) is 4.90. The Labute approximate surface area is 78.9 Å². The molecule has 0 spiro atoms. The van der Waals surface area contributed by atoms with Gasteiger partial charge < -0.3 is 10.5 Å². The molecule has 0 aromatic rings. The minimum Gasteiger partial charge on any atom is -0.457 e. The lowest BCUT2D eigenvalue weighted by Crippen LogP contribution is -2.26. The minimum atomic E-state index is -0.354. The number of ether oxygens (including phenoxy) is 1. The van der Waals surface area contributed by atoms with E-state index in [-0.39, 0.29) is 17.8 Å². The highest BCUT2D eigenvalue weighted by atomic mass is 16.5. The second-order valence-corrected chi connectivity index (χ2v) is 3.42. The van der Waals surface area contributed by atoms with Crippen LogP contribution in [0.5, 0.6) is 0 Å². The van der Waals surface area contributed by atoms with Crippen molar-refractivity contribution in [3.63, 3.8) is 0 Å². The molecule has 3 nitrogen and oxygen atoms in total. The van der Waals surface area contributed by atoms with Gasteiger partial charge in [0, 0.05) is 6.42 Å². The summed E-state index contributed by atoms with van der Waals surface area (Å²) in [5.74, 6) is -0.354. The molecule has 0 aromatic carbocycles. The first kappa shape index (κ1) is 10.1. The molecular formula is C10H17NO2. The lowest BCUT2D eigenvalue weighted by atomic mass is 10.1. The quantitative estimate of drug-likeness (QED) is 0.533. The van der Waals surface area contributed by atoms with Crippen molar-refractivity contribution in [2.24, 2.45) is 5.73 Å². The Hall–Kier alpha value is -0.990. The number of nitrogens with two attached hydrogens (primary N) is 1. The molecule has 74 valence electrons. The number of cyclic esters (lactones) is 1. The van der Waals surface area contributed by atoms with E-state index in [2.05, 4.69) is 6.92 Å². The summed E-state index contributed by atoms with van der Waals surface area (Å²) < 4.78 is 5.11. The standard InChI is InChI=1S/C10H17NO2/c1-2-3-4-5-8-6-7-9(11)10(12)13-8/h7-8H,2-6,11H2,1H3. The fourth-order valence-corrected chi connectivity index (χ4v) is 1.41. The van der Waals surface area contributed by atoms with Crippen LogP contribution in [0.2, 0.25) is 0 Å². The van der Waals surface area contributed by atoms with Gasteiger partial charge in [0.25, 0.3) is 0 Å². The maximum atomic E-state index is 11.0. The monoisotopic (exact) mass is 183 g/mol. The summed E-state index contributed by atoms with van der Waals surface area (Å²) in [5.41, 5.74) is 5.64. The summed E-state index contributed by atoms with van der Waals surface area (Å²) in [5, 5.41) is 0. The predicted octanol–water partition coefficient (Wildman–Crippen LogP) is 1.72. The van der Waals surface area contributed by atoms with Crippen molar-refractivity contribution in [3.8, 4) is 0 Å². The van der Waals surface area contributed by atoms with Crippen LogP contribution >= 0.6 is 0 Å². The zero-order valence-electron chi connectivity index (χ0n) is 8.08. The second kappa shape index (κ2) is 4.90. The van der Waals surface area contributed by atoms with E-state index in [1.165, 1.54) is 12.8 Å². The molecule has 1 rings (SSSR count). The Balaban J connectivity index is 2.27. The largest absolute Gasteiger partial charge is 0.457 e. The van der Waals surface area contributed by atoms with E-state index in [1.54, 1.807) is 6.08 Å². The summed E-state index contributed by atoms with van der Waals surface area (Å²) in [6.45, 7) is 2.16. The average Bonchev–Trinajstić information content (AvgIpc) is 2.12. The number of esters is 1. The van der Waals surface area contributed by atoms with Gasteiger partial charge in [-0.05, 0) is 12.8 Å². The Morgan fingerprint density at radius 1 is 1.62 bits per heavy atom. The van der Waals surface area contributed by atoms with Gasteiger partial charge in [-0.1, -0.05) is 25.8 Å². The molecule has 0 aliphatic carbocycles. The number of carbonyl (C=O) groups excluding carboxylic acids is 1. The van der Waals surface area contributed by atoms with E-state index in [0.717, 1.165) is 19.3 Å². The van der Waals surface area contributed by atoms with Gasteiger partial charge in [0.1, 0.15) is 11.8 Å². The SMILES string of the molecule is CCCCCC1CC=C(N)C(=O)O1. The van der Waals surface area contributed by atoms with Gasteiger partial charge in [0.05, 0.1) is 0 Å². The maximum Gasteiger partial charge on any atom is 0.354 e. The van der Waals surface area contributed by atoms with Crippen LogP contribution in [0.1, 0.15) is 39.0 Å². The number of hydrogen-bond acceptors (Lipinski definition) is 3. The van der Waals surface area contributed by atoms with E-state index in [0.29, 0.717) is 0 Å². The van der Waals surface area contributed by atoms with Crippen molar-refractivity contribution in [2.75, 3.05) is 0 Å². The summed E-state index contributed by atoms with van der Waals surface area (Å²) in [6.07, 6.45) is 7.09. The number of rotatable bonds is 4. The highest BCUT2D eigenvalue weighted by Gasteiger charge is 2.19. The molecule has 0 radical (unpaired) electrons. The lowest BCUT2D eigenvalue weighted by molar-refractivity contribution is -0.145. The summed E-state index contributed by atoms with van der Waals surface area (Å²) in [7, 11) is 0. The molecule has 2 N–H and O–H groups in total. The molecule has 0 saturated carbocycles. The Morgan fingerprint density at radius 2 is 2.38 bits per heavy atom. The molecule has 1 aliphatic heterocycles. The molecule has 1 aliphatic rings. The Bertz CT molecular complexity index is 211. The van der Waals surface area contributed by atoms with Crippen molar-refractivity contribution in [3.05, 3.63) is 11.8 Å². The van der Waals surface area contributed by atoms with Crippen LogP contribution in [0, 0.1) is 0 Å². The predicted molar refractivity (Wildman–Crippen MR) is 50.9 cm³/mol. The fraction of sp³-hybridized carbons (Fsp3) is 0.700. The number of unbranched alkanes of at least 4 members (excludes halogenated alkanes) is 2. The topological polar surface area (TPSA) is 52.3 Å². The van der Waals surface area contributed by atoms with Crippen LogP contribution in [0.4, 0.5) is 0 Å². The normalized spacial score (nSPS) is 22.4. The summed E-state index contributed by atoms with van der Waals surface area (Å²) in [6, 6.07) is 0. The molecule has 0 aromatic heterocycles. The van der Waals surface area contributed by atoms with Gasteiger partial charge in [-0.15, -0.1) is 0 Å². The maximum absolute atomic E-state index is 11.0. The summed E-state index contributed by atoms with van der Waals surface area (Å²) in [4.78, 5) is 11.0. The Kier molecular flexibility index (Phi) is 3.80. The third kappa shape index (κ3) is 3.09. The molecule has 0 amide bonds. The van der Waals surface area contributed by atoms with Crippen LogP contribution in [-0.4, -0.2) is 12.1 Å². The zero-order valence-corrected chi connectivity index (χ0v) is 8.08. The molecule has 0 saturated heterocycles. The fourth-order valence-electron chi connectivity index (χ4n) is 1.41. The lowest BCUT2D eigenvalue weighted by Gasteiger charge is -2.20. The van der Waals surface area contributed by atoms with Gasteiger partial charge in [0.2, 0.25) is 0 Å². The number of hydrogen-bond donors (Lipinski definition) is 1. The molecule has 1 atom stereocenters. The van der Waals surface area contributed by atoms with Gasteiger partial charge >= 0.3 is 5.97 Å². The average molecular weight is 183 g/mol. The van der Waals surface area contributed by atoms with Crippen LogP contribution in [0.3, 0.4) is 0 Å². The van der Waals surface area contributed by atoms with Gasteiger partial charge in [-0.3, -0.25) is 0 Å². The van der Waals surface area contributed by atoms with Gasteiger partial charge in [0.15, 0.2) is 0 Å². The van der Waals surface area contributed by atoms with E-state index < -0.39 is 0 Å². The van der Waals surface area contributed by atoms with Crippen LogP contribution < -0.4 is 5.73 Å². The second-order valence-electron chi connectivity index (χ2n) is 3.42. The van der Waals surface area contributed by atoms with E-state index in [9.17, 15) is 4.79 Å². The van der Waals surface area contributed by atoms with E-state index in [4.69, 9.17) is 10.5 Å². The molecule has 13 heavy (non-hydrogen) atoms. The smallest absolute Gasteiger partial charge is 0.354 e. The van der Waals surface area contributed by atoms with E-state index >= 15 is 0 Å². The highest BCUT2D eigenvalue weighted by Crippen LogP contribution is 2.16. The number of carbonyl (C=O) groups is 1. The molecule has 1 unspecified atom stereocenters. The third-order valence-corrected chi connectivity index (χ3v) is 2.24. The van der Waals surface area contributed by atoms with Gasteiger partial charge in [-0.25, -0.2) is 4.79 Å². The molecule has 0 bridgehead atoms. The van der Waals surface area contributed by atoms with Gasteiger partial charge in [-0.2, -0.15) is 0 Å². The van der Waals surface area contributed by atoms with Crippen molar-refractivity contribution < 1.29 is 9.53 Å². The van der Waals surface area contributed by atoms with Crippen molar-refractivity contribution in [2.45, 2.75) is 45.1 Å². The molecule has 3 heteroatoms. The highest BCUT2D eigenvalue weighted by molar-refractivity contribution is 5.88. The van der Waals surface area contributed by atoms with Crippen LogP contribution in [0.15, 0.2) is 11.8 Å². The van der Waals surface area contributed by atoms with E-state index in [1.807, 2.05) is 0 Å². The Morgan fingerprint density at radius 3 is 3.00 bits per heavy atom. The zero-order chi connectivity index (χ0) is 9.68. The van der Waals surface area contributed by atoms with Crippen LogP contribution in [-0.2, 0) is 9.53 Å². The van der Waals surface area contributed by atoms with Crippen LogP contribution in [0.25, 0.3) is 0 Å². The van der Waals surface area contributed by atoms with Crippen molar-refractivity contribution in [1.82, 2.24) is 0 Å².